The standard InChI is InChI=1S/C11H12N4O/c12-7-11(16)14-9-3-1-8(2-4-9)10-5-6-13-15-10/h1-6H,7,12H2,(H,13,15)(H,14,16). The van der Waals surface area contributed by atoms with Gasteiger partial charge >= 0.3 is 0 Å². The summed E-state index contributed by atoms with van der Waals surface area (Å²) in [6, 6.07) is 9.33. The molecule has 1 heterocycles. The second-order valence-electron chi connectivity index (χ2n) is 3.30. The van der Waals surface area contributed by atoms with Gasteiger partial charge in [-0.3, -0.25) is 9.89 Å². The Balaban J connectivity index is 2.14. The van der Waals surface area contributed by atoms with Crippen molar-refractivity contribution >= 4 is 11.6 Å². The Morgan fingerprint density at radius 3 is 2.62 bits per heavy atom. The lowest BCUT2D eigenvalue weighted by atomic mass is 10.1. The number of anilines is 1. The number of carbonyl (C=O) groups excluding carboxylic acids is 1. The number of aromatic nitrogens is 2. The fourth-order valence-electron chi connectivity index (χ4n) is 1.36. The molecule has 0 bridgehead atoms. The van der Waals surface area contributed by atoms with Crippen LogP contribution in [0.1, 0.15) is 0 Å². The average Bonchev–Trinajstić information content (AvgIpc) is 2.83. The van der Waals surface area contributed by atoms with Crippen molar-refractivity contribution in [1.29, 1.82) is 0 Å². The molecule has 0 saturated heterocycles. The first-order valence-corrected chi connectivity index (χ1v) is 4.89. The molecule has 4 N–H and O–H groups in total. The molecule has 1 aromatic heterocycles. The molecule has 5 nitrogen and oxygen atoms in total. The van der Waals surface area contributed by atoms with E-state index in [1.807, 2.05) is 30.3 Å². The number of hydrogen-bond donors (Lipinski definition) is 3. The highest BCUT2D eigenvalue weighted by Crippen LogP contribution is 2.18. The van der Waals surface area contributed by atoms with Crippen LogP contribution in [0.5, 0.6) is 0 Å². The topological polar surface area (TPSA) is 83.8 Å². The van der Waals surface area contributed by atoms with E-state index in [0.29, 0.717) is 0 Å². The number of aromatic amines is 1. The minimum atomic E-state index is -0.200. The van der Waals surface area contributed by atoms with Crippen LogP contribution in [0.15, 0.2) is 36.5 Å². The van der Waals surface area contributed by atoms with E-state index in [2.05, 4.69) is 15.5 Å². The van der Waals surface area contributed by atoms with Crippen molar-refractivity contribution in [3.63, 3.8) is 0 Å². The molecule has 16 heavy (non-hydrogen) atoms. The summed E-state index contributed by atoms with van der Waals surface area (Å²) in [4.78, 5) is 11.0. The van der Waals surface area contributed by atoms with Gasteiger partial charge in [0.1, 0.15) is 0 Å². The highest BCUT2D eigenvalue weighted by Gasteiger charge is 2.01. The van der Waals surface area contributed by atoms with Gasteiger partial charge in [0.25, 0.3) is 0 Å². The van der Waals surface area contributed by atoms with E-state index in [1.54, 1.807) is 6.20 Å². The Bertz CT molecular complexity index is 461. The Kier molecular flexibility index (Phi) is 2.98. The summed E-state index contributed by atoms with van der Waals surface area (Å²) in [5.74, 6) is -0.200. The van der Waals surface area contributed by atoms with Crippen molar-refractivity contribution in [3.8, 4) is 11.3 Å². The third-order valence-electron chi connectivity index (χ3n) is 2.17. The van der Waals surface area contributed by atoms with Gasteiger partial charge in [-0.25, -0.2) is 0 Å². The Morgan fingerprint density at radius 1 is 1.31 bits per heavy atom. The average molecular weight is 216 g/mol. The molecule has 0 aliphatic rings. The normalized spacial score (nSPS) is 10.1. The maximum absolute atomic E-state index is 11.0. The number of benzene rings is 1. The molecular formula is C11H12N4O. The lowest BCUT2D eigenvalue weighted by Crippen LogP contribution is -2.21. The van der Waals surface area contributed by atoms with Crippen molar-refractivity contribution in [3.05, 3.63) is 36.5 Å². The van der Waals surface area contributed by atoms with Crippen molar-refractivity contribution < 1.29 is 4.79 Å². The highest BCUT2D eigenvalue weighted by atomic mass is 16.1. The van der Waals surface area contributed by atoms with Gasteiger partial charge in [0, 0.05) is 11.9 Å². The minimum Gasteiger partial charge on any atom is -0.325 e. The number of amides is 1. The van der Waals surface area contributed by atoms with Crippen LogP contribution in [0.4, 0.5) is 5.69 Å². The van der Waals surface area contributed by atoms with Crippen LogP contribution in [-0.4, -0.2) is 22.6 Å². The van der Waals surface area contributed by atoms with Gasteiger partial charge in [0.15, 0.2) is 0 Å². The zero-order valence-electron chi connectivity index (χ0n) is 8.60. The van der Waals surface area contributed by atoms with Crippen LogP contribution in [0.2, 0.25) is 0 Å². The summed E-state index contributed by atoms with van der Waals surface area (Å²) in [7, 11) is 0. The maximum Gasteiger partial charge on any atom is 0.238 e. The predicted octanol–water partition coefficient (Wildman–Crippen LogP) is 0.974. The molecule has 1 aromatic carbocycles. The molecular weight excluding hydrogens is 204 g/mol. The Hall–Kier alpha value is -2.14. The van der Waals surface area contributed by atoms with E-state index < -0.39 is 0 Å². The van der Waals surface area contributed by atoms with E-state index in [-0.39, 0.29) is 12.5 Å². The molecule has 0 saturated carbocycles. The molecule has 0 atom stereocenters. The first-order chi connectivity index (χ1) is 7.79. The SMILES string of the molecule is NCC(=O)Nc1ccc(-c2ccn[nH]2)cc1. The van der Waals surface area contributed by atoms with Crippen LogP contribution in [-0.2, 0) is 4.79 Å². The van der Waals surface area contributed by atoms with E-state index >= 15 is 0 Å². The van der Waals surface area contributed by atoms with Gasteiger partial charge in [-0.1, -0.05) is 12.1 Å². The van der Waals surface area contributed by atoms with Crippen molar-refractivity contribution in [2.45, 2.75) is 0 Å². The molecule has 1 amide bonds. The van der Waals surface area contributed by atoms with Gasteiger partial charge in [0.05, 0.1) is 12.2 Å². The smallest absolute Gasteiger partial charge is 0.238 e. The molecule has 2 rings (SSSR count). The lowest BCUT2D eigenvalue weighted by Gasteiger charge is -2.04. The molecule has 0 aliphatic heterocycles. The zero-order chi connectivity index (χ0) is 11.4. The first kappa shape index (κ1) is 10.4. The number of nitrogens with one attached hydrogen (secondary N) is 2. The maximum atomic E-state index is 11.0. The highest BCUT2D eigenvalue weighted by molar-refractivity contribution is 5.92. The minimum absolute atomic E-state index is 0.0116. The number of nitrogens with two attached hydrogens (primary N) is 1. The monoisotopic (exact) mass is 216 g/mol. The number of carbonyl (C=O) groups is 1. The largest absolute Gasteiger partial charge is 0.325 e. The van der Waals surface area contributed by atoms with Crippen LogP contribution in [0, 0.1) is 0 Å². The number of H-pyrrole nitrogens is 1. The summed E-state index contributed by atoms with van der Waals surface area (Å²) in [5.41, 5.74) is 7.89. The van der Waals surface area contributed by atoms with Gasteiger partial charge in [-0.2, -0.15) is 5.10 Å². The Morgan fingerprint density at radius 2 is 2.06 bits per heavy atom. The van der Waals surface area contributed by atoms with Crippen molar-refractivity contribution in [2.24, 2.45) is 5.73 Å². The number of nitrogens with zero attached hydrogens (tertiary/aromatic N) is 1. The quantitative estimate of drug-likeness (QED) is 0.714. The Labute approximate surface area is 92.7 Å². The molecule has 2 aromatic rings. The summed E-state index contributed by atoms with van der Waals surface area (Å²) in [6.45, 7) is -0.0116. The molecule has 0 aliphatic carbocycles. The molecule has 0 unspecified atom stereocenters. The van der Waals surface area contributed by atoms with Gasteiger partial charge in [-0.15, -0.1) is 0 Å². The molecule has 0 fully saturated rings. The summed E-state index contributed by atoms with van der Waals surface area (Å²) in [6.07, 6.45) is 1.69. The summed E-state index contributed by atoms with van der Waals surface area (Å²) < 4.78 is 0. The van der Waals surface area contributed by atoms with Crippen LogP contribution < -0.4 is 11.1 Å². The summed E-state index contributed by atoms with van der Waals surface area (Å²) >= 11 is 0. The third-order valence-corrected chi connectivity index (χ3v) is 2.17. The van der Waals surface area contributed by atoms with E-state index in [9.17, 15) is 4.79 Å². The predicted molar refractivity (Wildman–Crippen MR) is 61.7 cm³/mol. The van der Waals surface area contributed by atoms with Crippen molar-refractivity contribution in [1.82, 2.24) is 10.2 Å². The third kappa shape index (κ3) is 2.26. The summed E-state index contributed by atoms with van der Waals surface area (Å²) in [5, 5.41) is 9.41. The van der Waals surface area contributed by atoms with Crippen LogP contribution in [0.25, 0.3) is 11.3 Å². The fourth-order valence-corrected chi connectivity index (χ4v) is 1.36. The zero-order valence-corrected chi connectivity index (χ0v) is 8.60. The van der Waals surface area contributed by atoms with Gasteiger partial charge < -0.3 is 11.1 Å². The first-order valence-electron chi connectivity index (χ1n) is 4.89. The molecule has 0 spiro atoms. The van der Waals surface area contributed by atoms with E-state index in [0.717, 1.165) is 16.9 Å². The molecule has 5 heteroatoms. The molecule has 0 radical (unpaired) electrons. The lowest BCUT2D eigenvalue weighted by molar-refractivity contribution is -0.114. The second-order valence-corrected chi connectivity index (χ2v) is 3.30. The van der Waals surface area contributed by atoms with Gasteiger partial charge in [0.2, 0.25) is 5.91 Å². The molecule has 82 valence electrons. The van der Waals surface area contributed by atoms with E-state index in [1.165, 1.54) is 0 Å². The van der Waals surface area contributed by atoms with Crippen LogP contribution >= 0.6 is 0 Å². The second kappa shape index (κ2) is 4.59. The number of rotatable bonds is 3. The fraction of sp³-hybridized carbons (Fsp3) is 0.0909. The number of hydrogen-bond acceptors (Lipinski definition) is 3. The van der Waals surface area contributed by atoms with E-state index in [4.69, 9.17) is 5.73 Å². The van der Waals surface area contributed by atoms with Crippen LogP contribution in [0.3, 0.4) is 0 Å². The van der Waals surface area contributed by atoms with Crippen molar-refractivity contribution in [2.75, 3.05) is 11.9 Å². The van der Waals surface area contributed by atoms with Gasteiger partial charge in [-0.05, 0) is 23.8 Å².